The number of hydrogen-bond acceptors (Lipinski definition) is 7. The molecular weight excluding hydrogens is 578 g/mol. The number of carbonyl (C=O) groups is 4. The number of amides is 1. The van der Waals surface area contributed by atoms with Crippen molar-refractivity contribution in [1.29, 1.82) is 5.26 Å². The van der Waals surface area contributed by atoms with Crippen molar-refractivity contribution in [2.24, 2.45) is 0 Å². The first-order valence-corrected chi connectivity index (χ1v) is 11.4. The van der Waals surface area contributed by atoms with Gasteiger partial charge in [0.1, 0.15) is 6.07 Å². The molecule has 2 atom stereocenters. The maximum Gasteiger partial charge on any atom is 0.416 e. The second-order valence-electron chi connectivity index (χ2n) is 8.29. The molecular formula is C27H16F6N2O7. The highest BCUT2D eigenvalue weighted by Crippen LogP contribution is 2.31. The zero-order chi connectivity index (χ0) is 31.2. The average molecular weight is 594 g/mol. The molecule has 15 heteroatoms. The number of nitrogens with zero attached hydrogens (tertiary/aromatic N) is 1. The number of esters is 2. The molecule has 0 aliphatic heterocycles. The van der Waals surface area contributed by atoms with Gasteiger partial charge in [-0.15, -0.1) is 0 Å². The Morgan fingerprint density at radius 3 is 1.67 bits per heavy atom. The molecule has 9 nitrogen and oxygen atoms in total. The van der Waals surface area contributed by atoms with Gasteiger partial charge >= 0.3 is 30.3 Å². The first kappa shape index (κ1) is 31.1. The molecule has 0 aromatic heterocycles. The third kappa shape index (κ3) is 7.62. The summed E-state index contributed by atoms with van der Waals surface area (Å²) in [6.45, 7) is 0. The lowest BCUT2D eigenvalue weighted by Crippen LogP contribution is -2.48. The number of halogens is 6. The second-order valence-corrected chi connectivity index (χ2v) is 8.29. The summed E-state index contributed by atoms with van der Waals surface area (Å²) in [5.74, 6) is -6.92. The molecule has 2 N–H and O–H groups in total. The summed E-state index contributed by atoms with van der Waals surface area (Å²) < 4.78 is 88.3. The maximum absolute atomic E-state index is 13.1. The summed E-state index contributed by atoms with van der Waals surface area (Å²) in [6, 6.07) is 12.3. The number of hydrogen-bond donors (Lipinski definition) is 2. The number of carboxylic acid groups (broad SMARTS) is 1. The summed E-state index contributed by atoms with van der Waals surface area (Å²) in [4.78, 5) is 50.6. The SMILES string of the molecule is N#Cc1ccccc1NC(=O)[C@H](OC(=O)c1cccc(C(F)(F)F)c1)[C@H](OC(=O)c1cccc(C(F)(F)F)c1)C(=O)O. The van der Waals surface area contributed by atoms with Crippen LogP contribution in [0.3, 0.4) is 0 Å². The van der Waals surface area contributed by atoms with Crippen molar-refractivity contribution in [3.05, 3.63) is 101 Å². The second kappa shape index (κ2) is 12.4. The van der Waals surface area contributed by atoms with Crippen LogP contribution in [0.5, 0.6) is 0 Å². The van der Waals surface area contributed by atoms with Gasteiger partial charge in [-0.3, -0.25) is 4.79 Å². The average Bonchev–Trinajstić information content (AvgIpc) is 2.94. The number of ether oxygens (including phenoxy) is 2. The number of alkyl halides is 6. The Hall–Kier alpha value is -5.39. The topological polar surface area (TPSA) is 143 Å². The first-order chi connectivity index (χ1) is 19.6. The van der Waals surface area contributed by atoms with Gasteiger partial charge in [-0.1, -0.05) is 24.3 Å². The number of aliphatic carboxylic acids is 1. The molecule has 42 heavy (non-hydrogen) atoms. The standard InChI is InChI=1S/C27H16F6N2O7/c28-26(29,30)17-8-3-6-14(11-17)24(39)41-20(22(36)35-19-10-2-1-5-16(19)13-34)21(23(37)38)42-25(40)15-7-4-9-18(12-15)27(31,32)33/h1-12,20-21H,(H,35,36)(H,37,38)/t20-,21+/m1/s1. The Labute approximate surface area is 231 Å². The van der Waals surface area contributed by atoms with Gasteiger partial charge in [0.2, 0.25) is 12.2 Å². The van der Waals surface area contributed by atoms with E-state index < -0.39 is 70.6 Å². The first-order valence-electron chi connectivity index (χ1n) is 11.4. The summed E-state index contributed by atoms with van der Waals surface area (Å²) >= 11 is 0. The van der Waals surface area contributed by atoms with Crippen LogP contribution in [0.25, 0.3) is 0 Å². The number of nitriles is 1. The summed E-state index contributed by atoms with van der Waals surface area (Å²) in [5, 5.41) is 21.1. The number of carboxylic acids is 1. The van der Waals surface area contributed by atoms with Gasteiger partial charge < -0.3 is 19.9 Å². The molecule has 0 unspecified atom stereocenters. The zero-order valence-corrected chi connectivity index (χ0v) is 20.7. The van der Waals surface area contributed by atoms with Crippen LogP contribution < -0.4 is 5.32 Å². The molecule has 0 heterocycles. The highest BCUT2D eigenvalue weighted by atomic mass is 19.4. The van der Waals surface area contributed by atoms with Crippen molar-refractivity contribution in [1.82, 2.24) is 0 Å². The van der Waals surface area contributed by atoms with Gasteiger partial charge in [-0.25, -0.2) is 14.4 Å². The fraction of sp³-hybridized carbons (Fsp3) is 0.148. The van der Waals surface area contributed by atoms with Gasteiger partial charge in [0.15, 0.2) is 0 Å². The predicted molar refractivity (Wildman–Crippen MR) is 129 cm³/mol. The van der Waals surface area contributed by atoms with Crippen LogP contribution in [0.1, 0.15) is 37.4 Å². The Balaban J connectivity index is 2.00. The number of nitrogens with one attached hydrogen (secondary N) is 1. The Morgan fingerprint density at radius 2 is 1.21 bits per heavy atom. The van der Waals surface area contributed by atoms with Crippen LogP contribution >= 0.6 is 0 Å². The molecule has 3 aromatic carbocycles. The quantitative estimate of drug-likeness (QED) is 0.272. The van der Waals surface area contributed by atoms with E-state index >= 15 is 0 Å². The Bertz CT molecular complexity index is 1560. The van der Waals surface area contributed by atoms with Crippen molar-refractivity contribution in [3.63, 3.8) is 0 Å². The molecule has 1 amide bonds. The molecule has 0 radical (unpaired) electrons. The molecule has 0 saturated heterocycles. The van der Waals surface area contributed by atoms with Crippen LogP contribution in [-0.4, -0.2) is 41.1 Å². The molecule has 0 spiro atoms. The minimum absolute atomic E-state index is 0.137. The Morgan fingerprint density at radius 1 is 0.738 bits per heavy atom. The van der Waals surface area contributed by atoms with Crippen molar-refractivity contribution >= 4 is 29.5 Å². The molecule has 0 aliphatic rings. The molecule has 3 rings (SSSR count). The lowest BCUT2D eigenvalue weighted by atomic mass is 10.1. The van der Waals surface area contributed by atoms with E-state index in [4.69, 9.17) is 9.47 Å². The van der Waals surface area contributed by atoms with Gasteiger partial charge in [-0.2, -0.15) is 31.6 Å². The minimum Gasteiger partial charge on any atom is -0.478 e. The van der Waals surface area contributed by atoms with Crippen LogP contribution in [0, 0.1) is 11.3 Å². The minimum atomic E-state index is -4.89. The maximum atomic E-state index is 13.1. The summed E-state index contributed by atoms with van der Waals surface area (Å²) in [7, 11) is 0. The number of benzene rings is 3. The third-order valence-corrected chi connectivity index (χ3v) is 5.40. The van der Waals surface area contributed by atoms with E-state index in [1.807, 2.05) is 0 Å². The van der Waals surface area contributed by atoms with E-state index in [0.717, 1.165) is 24.3 Å². The van der Waals surface area contributed by atoms with E-state index in [1.165, 1.54) is 24.3 Å². The molecule has 0 aliphatic carbocycles. The molecule has 3 aromatic rings. The Kier molecular flexibility index (Phi) is 9.21. The number of rotatable bonds is 8. The van der Waals surface area contributed by atoms with Crippen LogP contribution in [-0.2, 0) is 31.4 Å². The van der Waals surface area contributed by atoms with Gasteiger partial charge in [0.25, 0.3) is 5.91 Å². The smallest absolute Gasteiger partial charge is 0.416 e. The van der Waals surface area contributed by atoms with Gasteiger partial charge in [0, 0.05) is 0 Å². The largest absolute Gasteiger partial charge is 0.478 e. The van der Waals surface area contributed by atoms with E-state index in [2.05, 4.69) is 5.32 Å². The van der Waals surface area contributed by atoms with Crippen molar-refractivity contribution in [2.75, 3.05) is 5.32 Å². The third-order valence-electron chi connectivity index (χ3n) is 5.40. The van der Waals surface area contributed by atoms with E-state index in [1.54, 1.807) is 6.07 Å². The fourth-order valence-corrected chi connectivity index (χ4v) is 3.40. The predicted octanol–water partition coefficient (Wildman–Crippen LogP) is 5.07. The lowest BCUT2D eigenvalue weighted by Gasteiger charge is -2.24. The molecule has 0 bridgehead atoms. The highest BCUT2D eigenvalue weighted by Gasteiger charge is 2.42. The molecule has 218 valence electrons. The van der Waals surface area contributed by atoms with E-state index in [0.29, 0.717) is 24.3 Å². The lowest BCUT2D eigenvalue weighted by molar-refractivity contribution is -0.157. The van der Waals surface area contributed by atoms with Crippen LogP contribution in [0.4, 0.5) is 32.0 Å². The molecule has 0 saturated carbocycles. The highest BCUT2D eigenvalue weighted by molar-refractivity contribution is 6.02. The van der Waals surface area contributed by atoms with E-state index in [-0.39, 0.29) is 11.3 Å². The van der Waals surface area contributed by atoms with Crippen molar-refractivity contribution in [2.45, 2.75) is 24.6 Å². The van der Waals surface area contributed by atoms with Crippen molar-refractivity contribution < 1.29 is 60.1 Å². The van der Waals surface area contributed by atoms with Gasteiger partial charge in [0.05, 0.1) is 33.5 Å². The monoisotopic (exact) mass is 594 g/mol. The summed E-state index contributed by atoms with van der Waals surface area (Å²) in [6.07, 6.45) is -15.1. The number of anilines is 1. The van der Waals surface area contributed by atoms with Crippen LogP contribution in [0.2, 0.25) is 0 Å². The van der Waals surface area contributed by atoms with E-state index in [9.17, 15) is 55.9 Å². The zero-order valence-electron chi connectivity index (χ0n) is 20.7. The van der Waals surface area contributed by atoms with Crippen molar-refractivity contribution in [3.8, 4) is 6.07 Å². The summed E-state index contributed by atoms with van der Waals surface area (Å²) in [5.41, 5.74) is -4.48. The number of carbonyl (C=O) groups excluding carboxylic acids is 3. The van der Waals surface area contributed by atoms with Crippen LogP contribution in [0.15, 0.2) is 72.8 Å². The normalized spacial score (nSPS) is 12.8. The van der Waals surface area contributed by atoms with Gasteiger partial charge in [-0.05, 0) is 48.5 Å². The number of para-hydroxylation sites is 1. The fourth-order valence-electron chi connectivity index (χ4n) is 3.40. The molecule has 0 fully saturated rings.